The molecule has 1 saturated carbocycles. The summed E-state index contributed by atoms with van der Waals surface area (Å²) in [6.45, 7) is 1.84. The minimum absolute atomic E-state index is 0.0169. The molecule has 136 valence electrons. The molecule has 0 bridgehead atoms. The Morgan fingerprint density at radius 2 is 1.68 bits per heavy atom. The van der Waals surface area contributed by atoms with Gasteiger partial charge in [-0.3, -0.25) is 9.59 Å². The molecule has 5 heteroatoms. The second-order valence-corrected chi connectivity index (χ2v) is 7.43. The number of amides is 1. The number of rotatable bonds is 4. The highest BCUT2D eigenvalue weighted by Crippen LogP contribution is 2.31. The van der Waals surface area contributed by atoms with E-state index in [9.17, 15) is 9.59 Å². The first-order valence-corrected chi connectivity index (χ1v) is 9.20. The minimum atomic E-state index is -0.139. The van der Waals surface area contributed by atoms with Crippen LogP contribution in [0, 0.1) is 11.8 Å². The van der Waals surface area contributed by atoms with Gasteiger partial charge in [-0.25, -0.2) is 0 Å². The molecule has 1 aliphatic carbocycles. The predicted octanol–water partition coefficient (Wildman–Crippen LogP) is 2.18. The van der Waals surface area contributed by atoms with Crippen molar-refractivity contribution >= 4 is 11.9 Å². The van der Waals surface area contributed by atoms with E-state index in [2.05, 4.69) is 41.5 Å². The second kappa shape index (κ2) is 8.00. The van der Waals surface area contributed by atoms with Gasteiger partial charge in [0, 0.05) is 31.0 Å². The van der Waals surface area contributed by atoms with Crippen molar-refractivity contribution in [2.24, 2.45) is 11.8 Å². The molecule has 2 fully saturated rings. The molecular formula is C20H28N2O3. The molecule has 1 saturated heterocycles. The van der Waals surface area contributed by atoms with Crippen LogP contribution in [-0.2, 0) is 14.3 Å². The number of hydrogen-bond donors (Lipinski definition) is 1. The normalized spacial score (nSPS) is 30.0. The lowest BCUT2D eigenvalue weighted by atomic mass is 9.81. The Bertz CT molecular complexity index is 596. The zero-order valence-electron chi connectivity index (χ0n) is 15.1. The van der Waals surface area contributed by atoms with Crippen LogP contribution in [0.1, 0.15) is 37.2 Å². The molecule has 0 aromatic heterocycles. The predicted molar refractivity (Wildman–Crippen MR) is 96.1 cm³/mol. The molecule has 1 aromatic rings. The van der Waals surface area contributed by atoms with Crippen LogP contribution < -0.4 is 5.32 Å². The van der Waals surface area contributed by atoms with Crippen molar-refractivity contribution in [3.05, 3.63) is 35.9 Å². The van der Waals surface area contributed by atoms with Gasteiger partial charge in [-0.2, -0.15) is 0 Å². The molecule has 3 rings (SSSR count). The number of likely N-dealkylation sites (tertiary alicyclic amines) is 1. The number of nitrogens with one attached hydrogen (secondary N) is 1. The van der Waals surface area contributed by atoms with Gasteiger partial charge in [0.1, 0.15) is 0 Å². The Hall–Kier alpha value is -1.88. The van der Waals surface area contributed by atoms with Crippen LogP contribution in [0.2, 0.25) is 0 Å². The molecule has 0 spiro atoms. The summed E-state index contributed by atoms with van der Waals surface area (Å²) in [6, 6.07) is 10.6. The Morgan fingerprint density at radius 1 is 1.04 bits per heavy atom. The second-order valence-electron chi connectivity index (χ2n) is 7.43. The van der Waals surface area contributed by atoms with Crippen molar-refractivity contribution in [1.29, 1.82) is 0 Å². The van der Waals surface area contributed by atoms with Crippen molar-refractivity contribution in [3.63, 3.8) is 0 Å². The Labute approximate surface area is 149 Å². The van der Waals surface area contributed by atoms with E-state index in [-0.39, 0.29) is 29.8 Å². The summed E-state index contributed by atoms with van der Waals surface area (Å²) in [6.07, 6.45) is 3.03. The van der Waals surface area contributed by atoms with Gasteiger partial charge in [-0.05, 0) is 38.3 Å². The molecule has 0 radical (unpaired) electrons. The van der Waals surface area contributed by atoms with E-state index in [1.165, 1.54) is 12.7 Å². The van der Waals surface area contributed by atoms with Gasteiger partial charge in [0.25, 0.3) is 0 Å². The van der Waals surface area contributed by atoms with Gasteiger partial charge >= 0.3 is 5.97 Å². The maximum atomic E-state index is 12.7. The largest absolute Gasteiger partial charge is 0.469 e. The number of carbonyl (C=O) groups is 2. The third-order valence-electron chi connectivity index (χ3n) is 5.69. The monoisotopic (exact) mass is 344 g/mol. The highest BCUT2D eigenvalue weighted by molar-refractivity contribution is 5.80. The summed E-state index contributed by atoms with van der Waals surface area (Å²) < 4.78 is 4.82. The average molecular weight is 344 g/mol. The number of ether oxygens (including phenoxy) is 1. The Kier molecular flexibility index (Phi) is 5.74. The van der Waals surface area contributed by atoms with Crippen molar-refractivity contribution in [2.75, 3.05) is 27.2 Å². The third-order valence-corrected chi connectivity index (χ3v) is 5.69. The van der Waals surface area contributed by atoms with Gasteiger partial charge in [0.15, 0.2) is 0 Å². The first-order chi connectivity index (χ1) is 12.1. The lowest BCUT2D eigenvalue weighted by Crippen LogP contribution is -2.43. The number of hydrogen-bond acceptors (Lipinski definition) is 4. The molecule has 1 amide bonds. The molecule has 1 aromatic carbocycles. The molecular weight excluding hydrogens is 316 g/mol. The van der Waals surface area contributed by atoms with Crippen LogP contribution in [0.5, 0.6) is 0 Å². The lowest BCUT2D eigenvalue weighted by Gasteiger charge is -2.28. The summed E-state index contributed by atoms with van der Waals surface area (Å²) in [7, 11) is 3.53. The summed E-state index contributed by atoms with van der Waals surface area (Å²) in [5.74, 6) is 0.318. The van der Waals surface area contributed by atoms with Crippen LogP contribution in [0.4, 0.5) is 0 Å². The van der Waals surface area contributed by atoms with E-state index in [1.807, 2.05) is 6.07 Å². The van der Waals surface area contributed by atoms with Gasteiger partial charge in [-0.15, -0.1) is 0 Å². The standard InChI is InChI=1S/C20H28N2O3/c1-22-12-17(14-6-4-3-5-7-14)18(13-22)21-19(23)15-8-10-16(11-9-15)20(24)25-2/h3-7,15-18H,8-13H2,1-2H3,(H,21,23)/t15?,16?,17-,18-/m0/s1. The lowest BCUT2D eigenvalue weighted by molar-refractivity contribution is -0.147. The fraction of sp³-hybridized carbons (Fsp3) is 0.600. The number of carbonyl (C=O) groups excluding carboxylic acids is 2. The van der Waals surface area contributed by atoms with E-state index in [0.717, 1.165) is 38.8 Å². The SMILES string of the molecule is COC(=O)C1CCC(C(=O)N[C@H]2CN(C)C[C@H]2c2ccccc2)CC1. The van der Waals surface area contributed by atoms with E-state index in [1.54, 1.807) is 0 Å². The van der Waals surface area contributed by atoms with E-state index in [0.29, 0.717) is 5.92 Å². The van der Waals surface area contributed by atoms with Crippen molar-refractivity contribution in [3.8, 4) is 0 Å². The van der Waals surface area contributed by atoms with E-state index >= 15 is 0 Å². The third kappa shape index (κ3) is 4.21. The summed E-state index contributed by atoms with van der Waals surface area (Å²) in [4.78, 5) is 26.6. The molecule has 1 heterocycles. The summed E-state index contributed by atoms with van der Waals surface area (Å²) in [5, 5.41) is 3.29. The zero-order chi connectivity index (χ0) is 17.8. The van der Waals surface area contributed by atoms with Gasteiger partial charge in [-0.1, -0.05) is 30.3 Å². The number of benzene rings is 1. The fourth-order valence-electron chi connectivity index (χ4n) is 4.24. The number of esters is 1. The number of likely N-dealkylation sites (N-methyl/N-ethyl adjacent to an activating group) is 1. The van der Waals surface area contributed by atoms with E-state index in [4.69, 9.17) is 4.74 Å². The highest BCUT2D eigenvalue weighted by Gasteiger charge is 2.36. The molecule has 1 aliphatic heterocycles. The maximum absolute atomic E-state index is 12.7. The van der Waals surface area contributed by atoms with Crippen LogP contribution in [0.15, 0.2) is 30.3 Å². The molecule has 25 heavy (non-hydrogen) atoms. The zero-order valence-corrected chi connectivity index (χ0v) is 15.1. The average Bonchev–Trinajstić information content (AvgIpc) is 3.02. The molecule has 1 N–H and O–H groups in total. The Balaban J connectivity index is 1.58. The minimum Gasteiger partial charge on any atom is -0.469 e. The maximum Gasteiger partial charge on any atom is 0.308 e. The first kappa shape index (κ1) is 17.9. The van der Waals surface area contributed by atoms with Gasteiger partial charge in [0.2, 0.25) is 5.91 Å². The van der Waals surface area contributed by atoms with Crippen molar-refractivity contribution in [2.45, 2.75) is 37.6 Å². The fourth-order valence-corrected chi connectivity index (χ4v) is 4.24. The van der Waals surface area contributed by atoms with Crippen LogP contribution >= 0.6 is 0 Å². The number of methoxy groups -OCH3 is 1. The summed E-state index contributed by atoms with van der Waals surface area (Å²) >= 11 is 0. The van der Waals surface area contributed by atoms with Crippen molar-refractivity contribution < 1.29 is 14.3 Å². The van der Waals surface area contributed by atoms with Gasteiger partial charge < -0.3 is 15.0 Å². The molecule has 2 atom stereocenters. The van der Waals surface area contributed by atoms with E-state index < -0.39 is 0 Å². The number of nitrogens with zero attached hydrogens (tertiary/aromatic N) is 1. The smallest absolute Gasteiger partial charge is 0.308 e. The molecule has 2 aliphatic rings. The highest BCUT2D eigenvalue weighted by atomic mass is 16.5. The van der Waals surface area contributed by atoms with Crippen LogP contribution in [0.25, 0.3) is 0 Å². The molecule has 5 nitrogen and oxygen atoms in total. The Morgan fingerprint density at radius 3 is 2.32 bits per heavy atom. The molecule has 0 unspecified atom stereocenters. The van der Waals surface area contributed by atoms with Crippen LogP contribution in [0.3, 0.4) is 0 Å². The topological polar surface area (TPSA) is 58.6 Å². The first-order valence-electron chi connectivity index (χ1n) is 9.20. The van der Waals surface area contributed by atoms with Crippen LogP contribution in [-0.4, -0.2) is 50.1 Å². The van der Waals surface area contributed by atoms with Crippen molar-refractivity contribution in [1.82, 2.24) is 10.2 Å². The van der Waals surface area contributed by atoms with Gasteiger partial charge in [0.05, 0.1) is 13.0 Å². The summed E-state index contributed by atoms with van der Waals surface area (Å²) in [5.41, 5.74) is 1.28. The quantitative estimate of drug-likeness (QED) is 0.851.